The van der Waals surface area contributed by atoms with Gasteiger partial charge in [-0.3, -0.25) is 0 Å². The van der Waals surface area contributed by atoms with Gasteiger partial charge in [-0.25, -0.2) is 0 Å². The first-order chi connectivity index (χ1) is 26.0. The van der Waals surface area contributed by atoms with E-state index in [1.54, 1.807) is 20.8 Å². The molecule has 16 radical (unpaired) electrons. The van der Waals surface area contributed by atoms with Crippen LogP contribution in [0, 0.1) is 7.43 Å². The Kier molecular flexibility index (Phi) is 188. The maximum Gasteiger partial charge on any atom is 1.00 e. The van der Waals surface area contributed by atoms with E-state index in [0.29, 0.717) is 13.3 Å². The molecule has 6 nitrogen and oxygen atoms in total. The molecule has 0 aliphatic heterocycles. The molecule has 0 rings (SSSR count). The van der Waals surface area contributed by atoms with Gasteiger partial charge in [0.25, 0.3) is 0 Å². The van der Waals surface area contributed by atoms with Crippen LogP contribution in [-0.4, -0.2) is 199 Å². The Morgan fingerprint density at radius 1 is 0.500 bits per heavy atom. The van der Waals surface area contributed by atoms with Gasteiger partial charge >= 0.3 is 232 Å². The van der Waals surface area contributed by atoms with E-state index in [0.717, 1.165) is 27.7 Å². The maximum atomic E-state index is 11.2. The van der Waals surface area contributed by atoms with Gasteiger partial charge in [0.2, 0.25) is 0 Å². The summed E-state index contributed by atoms with van der Waals surface area (Å²) in [5, 5.41) is 10.1. The number of rotatable bonds is 5. The van der Waals surface area contributed by atoms with Crippen LogP contribution in [0.2, 0.25) is 157 Å². The molecule has 0 aromatic carbocycles. The fraction of sp³-hybridized carbons (Fsp3) is 0.841. The van der Waals surface area contributed by atoms with E-state index >= 15 is 0 Å². The molecule has 0 spiro atoms. The minimum Gasteiger partial charge on any atom is -0.358 e. The average molecular weight is 1810 g/mol. The Balaban J connectivity index is -0.0000000211. The molecule has 0 saturated heterocycles. The minimum absolute atomic E-state index is 0. The zero-order chi connectivity index (χ0) is 52.8. The van der Waals surface area contributed by atoms with Gasteiger partial charge in [-0.05, 0) is 40.4 Å². The van der Waals surface area contributed by atoms with Crippen molar-refractivity contribution in [2.45, 2.75) is 245 Å². The zero-order valence-electron chi connectivity index (χ0n) is 51.9. The first-order valence-corrected chi connectivity index (χ1v) is 61.4. The predicted molar refractivity (Wildman–Crippen MR) is 361 cm³/mol. The Hall–Kier alpha value is 9.53. The van der Waals surface area contributed by atoms with Crippen LogP contribution in [0.1, 0.15) is 76.7 Å². The van der Waals surface area contributed by atoms with Crippen LogP contribution < -0.4 is 121 Å². The first kappa shape index (κ1) is 137. The largest absolute Gasteiger partial charge is 1.00 e. The minimum atomic E-state index is -4.22. The van der Waals surface area contributed by atoms with E-state index in [9.17, 15) is 24.3 Å². The van der Waals surface area contributed by atoms with Gasteiger partial charge in [-0.1, -0.05) is 166 Å². The molecule has 0 bridgehead atoms. The molecule has 68 heavy (non-hydrogen) atoms. The van der Waals surface area contributed by atoms with Crippen LogP contribution in [0.4, 0.5) is 0 Å². The van der Waals surface area contributed by atoms with Crippen molar-refractivity contribution < 1.29 is 145 Å². The third kappa shape index (κ3) is 268. The van der Waals surface area contributed by atoms with Gasteiger partial charge in [0.15, 0.2) is 8.32 Å². The topological polar surface area (TPSA) is 101 Å². The number of carbonyl (C=O) groups is 4. The summed E-state index contributed by atoms with van der Waals surface area (Å²) in [6, 6.07) is 0. The monoisotopic (exact) mass is 1810 g/mol. The molecule has 0 heterocycles. The molecule has 24 heteroatoms. The van der Waals surface area contributed by atoms with Gasteiger partial charge in [0.05, 0.1) is 0 Å². The smallest absolute Gasteiger partial charge is 0.358 e. The SMILES string of the molecule is C.C=C.CC(C)(C)O[Si](C)(C)C.CC(C)(C)[O-].C[C](=O)[Ge]([C](C)=O)([C](C)=O)[C](C)=O.C[Si](C)C.C[Si](C)C.C[Si](C)C.C[Si](C)C.C[Si](C)C.C[Si](C)C.C[Si](C)C.I.I[I-]I.[CH3-].[Ge].[Ge].[K+].[K+].[K]. The normalized spacial score (nSPS) is 8.88. The van der Waals surface area contributed by atoms with Crippen LogP contribution >= 0.6 is 61.2 Å². The zero-order valence-corrected chi connectivity index (χ0v) is 84.4. The quantitative estimate of drug-likeness (QED) is 0.136. The molecular formula is C44H114Ge3I4K3O6Si8-. The van der Waals surface area contributed by atoms with Crippen molar-refractivity contribution in [3.05, 3.63) is 20.6 Å². The average Bonchev–Trinajstić information content (AvgIpc) is 2.84. The van der Waals surface area contributed by atoms with E-state index < -0.39 is 45.6 Å². The van der Waals surface area contributed by atoms with Crippen molar-refractivity contribution in [1.29, 1.82) is 0 Å². The summed E-state index contributed by atoms with van der Waals surface area (Å²) < 4.78 is 3.68. The van der Waals surface area contributed by atoms with Gasteiger partial charge < -0.3 is 17.0 Å². The number of hydrogen-bond acceptors (Lipinski definition) is 6. The molecule has 0 aromatic rings. The predicted octanol–water partition coefficient (Wildman–Crippen LogP) is 6.47. The molecular weight excluding hydrogens is 1690 g/mol. The van der Waals surface area contributed by atoms with Crippen molar-refractivity contribution in [1.82, 2.24) is 0 Å². The third-order valence-corrected chi connectivity index (χ3v) is 12.8. The molecule has 0 atom stereocenters. The third-order valence-electron chi connectivity index (χ3n) is 2.72. The first-order valence-electron chi connectivity index (χ1n) is 20.2. The Morgan fingerprint density at radius 2 is 0.574 bits per heavy atom. The van der Waals surface area contributed by atoms with E-state index in [1.165, 1.54) is 0 Å². The maximum absolute atomic E-state index is 11.2. The Labute approximate surface area is 645 Å². The molecule has 0 N–H and O–H groups in total. The summed E-state index contributed by atoms with van der Waals surface area (Å²) in [4.78, 5) is 44.8. The molecule has 0 saturated carbocycles. The summed E-state index contributed by atoms with van der Waals surface area (Å²) in [6.07, 6.45) is 0. The van der Waals surface area contributed by atoms with E-state index in [2.05, 4.69) is 228 Å². The van der Waals surface area contributed by atoms with Gasteiger partial charge in [0.1, 0.15) is 0 Å². The van der Waals surface area contributed by atoms with Gasteiger partial charge in [0, 0.05) is 154 Å². The van der Waals surface area contributed by atoms with Crippen molar-refractivity contribution in [2.75, 3.05) is 0 Å². The van der Waals surface area contributed by atoms with Crippen molar-refractivity contribution in [2.24, 2.45) is 0 Å². The van der Waals surface area contributed by atoms with Crippen LogP contribution in [0.25, 0.3) is 0 Å². The molecule has 0 aliphatic rings. The summed E-state index contributed by atoms with van der Waals surface area (Å²) >= 11 is 1.08. The van der Waals surface area contributed by atoms with E-state index in [4.69, 9.17) is 4.43 Å². The summed E-state index contributed by atoms with van der Waals surface area (Å²) in [6.45, 7) is 76.1. The van der Waals surface area contributed by atoms with E-state index in [1.807, 2.05) is 0 Å². The number of carbonyl (C=O) groups excluding carboxylic acids is 4. The second-order valence-electron chi connectivity index (χ2n) is 20.0. The molecule has 0 fully saturated rings. The number of hydrogen-bond donors (Lipinski definition) is 0. The second kappa shape index (κ2) is 93.0. The summed E-state index contributed by atoms with van der Waals surface area (Å²) in [7, 11) is -0.450. The van der Waals surface area contributed by atoms with Crippen LogP contribution in [0.15, 0.2) is 13.2 Å². The van der Waals surface area contributed by atoms with Crippen molar-refractivity contribution in [3.63, 3.8) is 0 Å². The van der Waals surface area contributed by atoms with Crippen LogP contribution in [0.5, 0.6) is 0 Å². The van der Waals surface area contributed by atoms with Crippen molar-refractivity contribution >= 4 is 249 Å². The summed E-state index contributed by atoms with van der Waals surface area (Å²) in [5.41, 5.74) is -0.704. The molecule has 0 amide bonds. The summed E-state index contributed by atoms with van der Waals surface area (Å²) in [5.74, 6) is 0. The standard InChI is InChI=1S/C8H12GeO4.C7H18OSi.C4H9O.7C3H9Si.C2H4.CH4.CH3.2Ge.I3.HI.3K/c1-5(10)9(6(2)11,7(3)12)8(4)13;1-7(2,3)8-9(4,5)6;1-4(2,3)5;7*1-4(2)3;1-2;;;;;1-3-2;;;;/h1-4H3;1-6H3;1-3H3;7*1-3H3;1-2H2;1H4;1H3;;;;1H;;;/q;;-1;;;;;;;;;;-1;;;-1;;;2*+1. The second-order valence-corrected chi connectivity index (χ2v) is 70.7. The van der Waals surface area contributed by atoms with E-state index in [-0.39, 0.29) is 295 Å². The van der Waals surface area contributed by atoms with Crippen LogP contribution in [0.3, 0.4) is 0 Å². The molecule has 0 aliphatic carbocycles. The Morgan fingerprint density at radius 3 is 0.574 bits per heavy atom. The molecule has 402 valence electrons. The Bertz CT molecular complexity index is 787. The van der Waals surface area contributed by atoms with Crippen LogP contribution in [-0.2, 0) is 23.6 Å². The fourth-order valence-corrected chi connectivity index (χ4v) is 10.5. The van der Waals surface area contributed by atoms with Crippen molar-refractivity contribution in [3.8, 4) is 0 Å². The van der Waals surface area contributed by atoms with Gasteiger partial charge in [-0.2, -0.15) is 0 Å². The number of halogens is 4. The fourth-order valence-electron chi connectivity index (χ4n) is 2.41. The molecule has 0 aromatic heterocycles. The van der Waals surface area contributed by atoms with Gasteiger partial charge in [-0.15, -0.1) is 42.7 Å². The molecule has 0 unspecified atom stereocenters.